The first kappa shape index (κ1) is 8.49. The van der Waals surface area contributed by atoms with Crippen LogP contribution in [-0.4, -0.2) is 18.6 Å². The maximum atomic E-state index is 9.81. The van der Waals surface area contributed by atoms with Crippen LogP contribution >= 0.6 is 0 Å². The van der Waals surface area contributed by atoms with Crippen LogP contribution in [0.4, 0.5) is 0 Å². The molecule has 3 N–H and O–H groups in total. The molecule has 4 heteroatoms. The van der Waals surface area contributed by atoms with E-state index in [0.29, 0.717) is 6.47 Å². The molecule has 2 atom stereocenters. The average molecular weight is 158 g/mol. The Morgan fingerprint density at radius 2 is 2.36 bits per heavy atom. The van der Waals surface area contributed by atoms with E-state index < -0.39 is 0 Å². The van der Waals surface area contributed by atoms with E-state index in [1.54, 1.807) is 0 Å². The van der Waals surface area contributed by atoms with E-state index in [1.807, 2.05) is 0 Å². The minimum atomic E-state index is 0.254. The maximum absolute atomic E-state index is 9.81. The van der Waals surface area contributed by atoms with E-state index in [2.05, 4.69) is 10.3 Å². The first-order valence-corrected chi connectivity index (χ1v) is 3.93. The highest BCUT2D eigenvalue weighted by molar-refractivity contribution is 5.36. The van der Waals surface area contributed by atoms with E-state index >= 15 is 0 Å². The molecule has 1 rings (SSSR count). The number of nitrogens with two attached hydrogens (primary N) is 1. The summed E-state index contributed by atoms with van der Waals surface area (Å²) in [5, 5.41) is 0. The number of hydroxylamine groups is 1. The molecule has 1 saturated carbocycles. The smallest absolute Gasteiger partial charge is 0.312 e. The summed E-state index contributed by atoms with van der Waals surface area (Å²) in [7, 11) is 0. The molecule has 1 fully saturated rings. The quantitative estimate of drug-likeness (QED) is 0.446. The molecular weight excluding hydrogens is 144 g/mol. The van der Waals surface area contributed by atoms with Crippen LogP contribution in [0.25, 0.3) is 0 Å². The molecule has 1 aliphatic rings. The first-order valence-electron chi connectivity index (χ1n) is 3.93. The van der Waals surface area contributed by atoms with E-state index in [4.69, 9.17) is 5.73 Å². The number of hydrogen-bond acceptors (Lipinski definition) is 4. The molecule has 0 spiro atoms. The van der Waals surface area contributed by atoms with Crippen LogP contribution < -0.4 is 11.2 Å². The zero-order chi connectivity index (χ0) is 8.10. The number of rotatable bonds is 3. The molecular formula is C7H14N2O2. The molecule has 0 heterocycles. The van der Waals surface area contributed by atoms with Gasteiger partial charge in [-0.25, -0.2) is 0 Å². The molecule has 11 heavy (non-hydrogen) atoms. The van der Waals surface area contributed by atoms with Gasteiger partial charge in [0.15, 0.2) is 0 Å². The van der Waals surface area contributed by atoms with Crippen molar-refractivity contribution in [2.24, 2.45) is 5.73 Å². The molecule has 0 bridgehead atoms. The lowest BCUT2D eigenvalue weighted by atomic mass is 9.92. The minimum absolute atomic E-state index is 0.254. The Balaban J connectivity index is 2.17. The SMILES string of the molecule is N[C@H]1CCC[C@@H](NOC=O)C1. The second kappa shape index (κ2) is 4.31. The van der Waals surface area contributed by atoms with Crippen LogP contribution in [0.1, 0.15) is 25.7 Å². The van der Waals surface area contributed by atoms with Crippen LogP contribution in [0, 0.1) is 0 Å². The highest BCUT2D eigenvalue weighted by atomic mass is 16.7. The van der Waals surface area contributed by atoms with Crippen LogP contribution in [-0.2, 0) is 9.63 Å². The summed E-state index contributed by atoms with van der Waals surface area (Å²) >= 11 is 0. The van der Waals surface area contributed by atoms with E-state index in [9.17, 15) is 4.79 Å². The van der Waals surface area contributed by atoms with Crippen molar-refractivity contribution in [2.45, 2.75) is 37.8 Å². The van der Waals surface area contributed by atoms with Crippen molar-refractivity contribution in [3.05, 3.63) is 0 Å². The van der Waals surface area contributed by atoms with E-state index in [1.165, 1.54) is 0 Å². The van der Waals surface area contributed by atoms with Crippen LogP contribution in [0.15, 0.2) is 0 Å². The van der Waals surface area contributed by atoms with Gasteiger partial charge in [0.2, 0.25) is 0 Å². The fourth-order valence-electron chi connectivity index (χ4n) is 1.46. The van der Waals surface area contributed by atoms with Crippen LogP contribution in [0.3, 0.4) is 0 Å². The van der Waals surface area contributed by atoms with Gasteiger partial charge in [-0.05, 0) is 19.3 Å². The fourth-order valence-corrected chi connectivity index (χ4v) is 1.46. The summed E-state index contributed by atoms with van der Waals surface area (Å²) in [6.07, 6.45) is 4.13. The summed E-state index contributed by atoms with van der Waals surface area (Å²) in [6, 6.07) is 0.514. The Labute approximate surface area is 66.0 Å². The molecule has 0 saturated heterocycles. The Morgan fingerprint density at radius 1 is 1.55 bits per heavy atom. The molecule has 0 amide bonds. The van der Waals surface area contributed by atoms with Gasteiger partial charge in [-0.3, -0.25) is 4.79 Å². The second-order valence-corrected chi connectivity index (χ2v) is 2.96. The topological polar surface area (TPSA) is 64.3 Å². The highest BCUT2D eigenvalue weighted by Crippen LogP contribution is 2.16. The lowest BCUT2D eigenvalue weighted by molar-refractivity contribution is -0.137. The van der Waals surface area contributed by atoms with Gasteiger partial charge in [0.1, 0.15) is 0 Å². The number of hydrogen-bond donors (Lipinski definition) is 2. The summed E-state index contributed by atoms with van der Waals surface area (Å²) in [5.41, 5.74) is 8.37. The highest BCUT2D eigenvalue weighted by Gasteiger charge is 2.18. The standard InChI is InChI=1S/C7H14N2O2/c8-6-2-1-3-7(4-6)9-11-5-10/h5-7,9H,1-4,8H2/t6-,7+/m0/s1. The fraction of sp³-hybridized carbons (Fsp3) is 0.857. The first-order chi connectivity index (χ1) is 5.33. The van der Waals surface area contributed by atoms with E-state index in [-0.39, 0.29) is 12.1 Å². The van der Waals surface area contributed by atoms with Crippen molar-refractivity contribution in [1.82, 2.24) is 5.48 Å². The van der Waals surface area contributed by atoms with Gasteiger partial charge >= 0.3 is 6.47 Å². The summed E-state index contributed by atoms with van der Waals surface area (Å²) < 4.78 is 0. The Morgan fingerprint density at radius 3 is 3.00 bits per heavy atom. The molecule has 0 unspecified atom stereocenters. The van der Waals surface area contributed by atoms with Gasteiger partial charge in [0, 0.05) is 12.1 Å². The number of carbonyl (C=O) groups is 1. The Hall–Kier alpha value is -0.610. The predicted molar refractivity (Wildman–Crippen MR) is 40.5 cm³/mol. The van der Waals surface area contributed by atoms with Crippen molar-refractivity contribution in [2.75, 3.05) is 0 Å². The van der Waals surface area contributed by atoms with Gasteiger partial charge < -0.3 is 10.6 Å². The maximum Gasteiger partial charge on any atom is 0.312 e. The van der Waals surface area contributed by atoms with Crippen LogP contribution in [0.2, 0.25) is 0 Å². The monoisotopic (exact) mass is 158 g/mol. The van der Waals surface area contributed by atoms with Gasteiger partial charge in [-0.2, -0.15) is 5.48 Å². The normalized spacial score (nSPS) is 31.4. The number of carbonyl (C=O) groups excluding carboxylic acids is 1. The molecule has 64 valence electrons. The molecule has 0 radical (unpaired) electrons. The Bertz CT molecular complexity index is 130. The van der Waals surface area contributed by atoms with Crippen molar-refractivity contribution in [3.63, 3.8) is 0 Å². The average Bonchev–Trinajstić information content (AvgIpc) is 2.01. The molecule has 0 aromatic carbocycles. The molecule has 0 aliphatic heterocycles. The largest absolute Gasteiger partial charge is 0.373 e. The van der Waals surface area contributed by atoms with Gasteiger partial charge in [0.05, 0.1) is 0 Å². The summed E-state index contributed by atoms with van der Waals surface area (Å²) in [4.78, 5) is 14.2. The molecule has 4 nitrogen and oxygen atoms in total. The Kier molecular flexibility index (Phi) is 3.32. The van der Waals surface area contributed by atoms with Crippen molar-refractivity contribution >= 4 is 6.47 Å². The minimum Gasteiger partial charge on any atom is -0.373 e. The van der Waals surface area contributed by atoms with Crippen LogP contribution in [0.5, 0.6) is 0 Å². The summed E-state index contributed by atoms with van der Waals surface area (Å²) in [5.74, 6) is 0. The van der Waals surface area contributed by atoms with E-state index in [0.717, 1.165) is 25.7 Å². The molecule has 0 aromatic heterocycles. The zero-order valence-corrected chi connectivity index (χ0v) is 6.45. The number of nitrogens with one attached hydrogen (secondary N) is 1. The lowest BCUT2D eigenvalue weighted by Crippen LogP contribution is -2.39. The van der Waals surface area contributed by atoms with Crippen molar-refractivity contribution < 1.29 is 9.63 Å². The van der Waals surface area contributed by atoms with Crippen molar-refractivity contribution in [3.8, 4) is 0 Å². The third-order valence-corrected chi connectivity index (χ3v) is 2.00. The molecule has 0 aromatic rings. The predicted octanol–water partition coefficient (Wildman–Crippen LogP) is -0.0661. The third kappa shape index (κ3) is 2.86. The van der Waals surface area contributed by atoms with Gasteiger partial charge in [0.25, 0.3) is 0 Å². The van der Waals surface area contributed by atoms with Gasteiger partial charge in [-0.1, -0.05) is 6.42 Å². The summed E-state index contributed by atoms with van der Waals surface area (Å²) in [6.45, 7) is 0.403. The van der Waals surface area contributed by atoms with Gasteiger partial charge in [-0.15, -0.1) is 0 Å². The third-order valence-electron chi connectivity index (χ3n) is 2.00. The van der Waals surface area contributed by atoms with Crippen molar-refractivity contribution in [1.29, 1.82) is 0 Å². The second-order valence-electron chi connectivity index (χ2n) is 2.96. The molecule has 1 aliphatic carbocycles. The lowest BCUT2D eigenvalue weighted by Gasteiger charge is -2.25. The zero-order valence-electron chi connectivity index (χ0n) is 6.45.